The summed E-state index contributed by atoms with van der Waals surface area (Å²) < 4.78 is 5.32. The summed E-state index contributed by atoms with van der Waals surface area (Å²) >= 11 is 0. The quantitative estimate of drug-likeness (QED) is 0.789. The number of amides is 1. The van der Waals surface area contributed by atoms with E-state index in [-0.39, 0.29) is 5.91 Å². The number of carbonyl (C=O) groups excluding carboxylic acids is 1. The molecule has 3 heterocycles. The van der Waals surface area contributed by atoms with Crippen molar-refractivity contribution >= 4 is 11.9 Å². The van der Waals surface area contributed by atoms with Crippen LogP contribution < -0.4 is 4.90 Å². The van der Waals surface area contributed by atoms with Crippen LogP contribution in [0.5, 0.6) is 0 Å². The van der Waals surface area contributed by atoms with Crippen molar-refractivity contribution in [3.8, 4) is 0 Å². The number of carbonyl (C=O) groups is 1. The van der Waals surface area contributed by atoms with Gasteiger partial charge in [-0.2, -0.15) is 0 Å². The molecule has 2 fully saturated rings. The van der Waals surface area contributed by atoms with Gasteiger partial charge in [0.25, 0.3) is 5.91 Å². The molecule has 0 bridgehead atoms. The van der Waals surface area contributed by atoms with Gasteiger partial charge in [0.2, 0.25) is 5.95 Å². The molecule has 0 unspecified atom stereocenters. The van der Waals surface area contributed by atoms with Crippen molar-refractivity contribution < 1.29 is 9.53 Å². The second kappa shape index (κ2) is 7.02. The van der Waals surface area contributed by atoms with E-state index < -0.39 is 0 Å². The lowest BCUT2D eigenvalue weighted by atomic mass is 10.2. The highest BCUT2D eigenvalue weighted by molar-refractivity contribution is 5.93. The van der Waals surface area contributed by atoms with E-state index in [9.17, 15) is 4.79 Å². The van der Waals surface area contributed by atoms with Crippen LogP contribution in [0.15, 0.2) is 12.4 Å². The molecule has 0 saturated carbocycles. The van der Waals surface area contributed by atoms with Crippen molar-refractivity contribution in [3.05, 3.63) is 18.0 Å². The fraction of sp³-hybridized carbons (Fsp3) is 0.667. The number of nitrogens with zero attached hydrogens (tertiary/aromatic N) is 5. The molecule has 0 spiro atoms. The molecule has 0 atom stereocenters. The Morgan fingerprint density at radius 1 is 1.09 bits per heavy atom. The predicted octanol–water partition coefficient (Wildman–Crippen LogP) is 0.0909. The Balaban J connectivity index is 1.61. The number of rotatable bonds is 3. The van der Waals surface area contributed by atoms with Crippen LogP contribution in [0.3, 0.4) is 0 Å². The molecule has 22 heavy (non-hydrogen) atoms. The van der Waals surface area contributed by atoms with Crippen LogP contribution in [0.4, 0.5) is 5.95 Å². The van der Waals surface area contributed by atoms with Gasteiger partial charge in [0.1, 0.15) is 0 Å². The summed E-state index contributed by atoms with van der Waals surface area (Å²) in [4.78, 5) is 27.5. The van der Waals surface area contributed by atoms with E-state index in [4.69, 9.17) is 4.74 Å². The van der Waals surface area contributed by atoms with Gasteiger partial charge >= 0.3 is 0 Å². The molecule has 2 aliphatic heterocycles. The summed E-state index contributed by atoms with van der Waals surface area (Å²) in [5.74, 6) is 0.708. The van der Waals surface area contributed by atoms with Gasteiger partial charge in [-0.1, -0.05) is 6.92 Å². The largest absolute Gasteiger partial charge is 0.378 e. The van der Waals surface area contributed by atoms with Crippen molar-refractivity contribution in [3.63, 3.8) is 0 Å². The molecule has 0 aliphatic carbocycles. The van der Waals surface area contributed by atoms with E-state index in [1.54, 1.807) is 12.4 Å². The first kappa shape index (κ1) is 15.2. The van der Waals surface area contributed by atoms with Gasteiger partial charge in [-0.25, -0.2) is 9.97 Å². The highest BCUT2D eigenvalue weighted by atomic mass is 16.5. The van der Waals surface area contributed by atoms with Crippen LogP contribution in [0, 0.1) is 0 Å². The maximum Gasteiger partial charge on any atom is 0.257 e. The Labute approximate surface area is 130 Å². The number of likely N-dealkylation sites (N-methyl/N-ethyl adjacent to an activating group) is 1. The van der Waals surface area contributed by atoms with Gasteiger partial charge in [-0.15, -0.1) is 0 Å². The number of morpholine rings is 1. The summed E-state index contributed by atoms with van der Waals surface area (Å²) in [6, 6.07) is 0. The number of aromatic nitrogens is 2. The van der Waals surface area contributed by atoms with Gasteiger partial charge in [0, 0.05) is 51.7 Å². The van der Waals surface area contributed by atoms with Gasteiger partial charge in [0.05, 0.1) is 18.8 Å². The van der Waals surface area contributed by atoms with Crippen LogP contribution >= 0.6 is 0 Å². The first-order valence-corrected chi connectivity index (χ1v) is 7.94. The summed E-state index contributed by atoms with van der Waals surface area (Å²) in [5.41, 5.74) is 0.571. The molecule has 0 radical (unpaired) electrons. The summed E-state index contributed by atoms with van der Waals surface area (Å²) in [6.07, 6.45) is 3.29. The molecule has 7 nitrogen and oxygen atoms in total. The maximum atomic E-state index is 12.5. The lowest BCUT2D eigenvalue weighted by Gasteiger charge is -2.34. The summed E-state index contributed by atoms with van der Waals surface area (Å²) in [7, 11) is 0. The zero-order chi connectivity index (χ0) is 15.4. The Morgan fingerprint density at radius 3 is 2.32 bits per heavy atom. The van der Waals surface area contributed by atoms with Gasteiger partial charge in [-0.3, -0.25) is 4.79 Å². The average molecular weight is 305 g/mol. The Morgan fingerprint density at radius 2 is 1.73 bits per heavy atom. The number of hydrogen-bond donors (Lipinski definition) is 0. The minimum absolute atomic E-state index is 0.0317. The highest BCUT2D eigenvalue weighted by Gasteiger charge is 2.22. The maximum absolute atomic E-state index is 12.5. The second-order valence-electron chi connectivity index (χ2n) is 5.60. The monoisotopic (exact) mass is 305 g/mol. The number of piperazine rings is 1. The van der Waals surface area contributed by atoms with Crippen LogP contribution in [0.2, 0.25) is 0 Å². The number of anilines is 1. The molecule has 0 aromatic carbocycles. The van der Waals surface area contributed by atoms with Gasteiger partial charge in [-0.05, 0) is 6.54 Å². The van der Waals surface area contributed by atoms with Crippen molar-refractivity contribution in [2.45, 2.75) is 6.92 Å². The molecule has 1 aromatic heterocycles. The summed E-state index contributed by atoms with van der Waals surface area (Å²) in [6.45, 7) is 9.62. The van der Waals surface area contributed by atoms with E-state index in [1.165, 1.54) is 0 Å². The summed E-state index contributed by atoms with van der Waals surface area (Å²) in [5, 5.41) is 0. The average Bonchev–Trinajstić information content (AvgIpc) is 2.62. The van der Waals surface area contributed by atoms with Crippen LogP contribution in [-0.4, -0.2) is 84.7 Å². The molecule has 7 heteroatoms. The third-order valence-electron chi connectivity index (χ3n) is 4.29. The van der Waals surface area contributed by atoms with E-state index in [1.807, 2.05) is 4.90 Å². The fourth-order valence-corrected chi connectivity index (χ4v) is 2.81. The molecule has 3 rings (SSSR count). The Kier molecular flexibility index (Phi) is 4.84. The minimum atomic E-state index is 0.0317. The van der Waals surface area contributed by atoms with E-state index >= 15 is 0 Å². The van der Waals surface area contributed by atoms with E-state index in [2.05, 4.69) is 26.7 Å². The van der Waals surface area contributed by atoms with Crippen LogP contribution in [0.1, 0.15) is 17.3 Å². The fourth-order valence-electron chi connectivity index (χ4n) is 2.81. The number of hydrogen-bond acceptors (Lipinski definition) is 6. The molecule has 2 aliphatic rings. The van der Waals surface area contributed by atoms with Gasteiger partial charge in [0.15, 0.2) is 0 Å². The molecule has 1 amide bonds. The van der Waals surface area contributed by atoms with Crippen LogP contribution in [-0.2, 0) is 4.74 Å². The first-order chi connectivity index (χ1) is 10.8. The van der Waals surface area contributed by atoms with E-state index in [0.717, 1.165) is 45.8 Å². The topological polar surface area (TPSA) is 61.8 Å². The number of ether oxygens (including phenoxy) is 1. The normalized spacial score (nSPS) is 20.2. The predicted molar refractivity (Wildman–Crippen MR) is 83.1 cm³/mol. The molecular weight excluding hydrogens is 282 g/mol. The zero-order valence-electron chi connectivity index (χ0n) is 13.1. The second-order valence-corrected chi connectivity index (χ2v) is 5.60. The SMILES string of the molecule is CCN1CCN(C(=O)c2cnc(N3CCOCC3)nc2)CC1. The van der Waals surface area contributed by atoms with Crippen molar-refractivity contribution in [2.75, 3.05) is 63.9 Å². The standard InChI is InChI=1S/C15H23N5O2/c1-2-18-3-5-19(6-4-18)14(21)13-11-16-15(17-12-13)20-7-9-22-10-8-20/h11-12H,2-10H2,1H3. The molecule has 120 valence electrons. The van der Waals surface area contributed by atoms with Crippen molar-refractivity contribution in [1.29, 1.82) is 0 Å². The smallest absolute Gasteiger partial charge is 0.257 e. The van der Waals surface area contributed by atoms with Crippen molar-refractivity contribution in [2.24, 2.45) is 0 Å². The highest BCUT2D eigenvalue weighted by Crippen LogP contribution is 2.12. The minimum Gasteiger partial charge on any atom is -0.378 e. The third kappa shape index (κ3) is 3.36. The zero-order valence-corrected chi connectivity index (χ0v) is 13.1. The lowest BCUT2D eigenvalue weighted by molar-refractivity contribution is 0.0642. The Bertz CT molecular complexity index is 493. The molecule has 1 aromatic rings. The lowest BCUT2D eigenvalue weighted by Crippen LogP contribution is -2.48. The molecule has 0 N–H and O–H groups in total. The first-order valence-electron chi connectivity index (χ1n) is 7.94. The van der Waals surface area contributed by atoms with Crippen LogP contribution in [0.25, 0.3) is 0 Å². The van der Waals surface area contributed by atoms with Gasteiger partial charge < -0.3 is 19.4 Å². The third-order valence-corrected chi connectivity index (χ3v) is 4.29. The molecular formula is C15H23N5O2. The van der Waals surface area contributed by atoms with Crippen molar-refractivity contribution in [1.82, 2.24) is 19.8 Å². The van der Waals surface area contributed by atoms with E-state index in [0.29, 0.717) is 24.7 Å². The molecule has 2 saturated heterocycles. The Hall–Kier alpha value is -1.73.